The van der Waals surface area contributed by atoms with Crippen LogP contribution in [0.2, 0.25) is 0 Å². The third-order valence-electron chi connectivity index (χ3n) is 6.47. The summed E-state index contributed by atoms with van der Waals surface area (Å²) in [6.07, 6.45) is 4.51. The van der Waals surface area contributed by atoms with Crippen molar-refractivity contribution in [2.24, 2.45) is 5.92 Å². The predicted octanol–water partition coefficient (Wildman–Crippen LogP) is 4.29. The Morgan fingerprint density at radius 1 is 1.06 bits per heavy atom. The van der Waals surface area contributed by atoms with Gasteiger partial charge < -0.3 is 10.2 Å². The van der Waals surface area contributed by atoms with Crippen molar-refractivity contribution in [1.29, 1.82) is 0 Å². The van der Waals surface area contributed by atoms with Crippen LogP contribution in [0.25, 0.3) is 11.1 Å². The molecule has 2 heterocycles. The highest BCUT2D eigenvalue weighted by atomic mass is 19.1. The van der Waals surface area contributed by atoms with Gasteiger partial charge in [-0.2, -0.15) is 0 Å². The van der Waals surface area contributed by atoms with Gasteiger partial charge in [-0.1, -0.05) is 49.4 Å². The number of benzene rings is 2. The van der Waals surface area contributed by atoms with E-state index < -0.39 is 23.7 Å². The summed E-state index contributed by atoms with van der Waals surface area (Å²) in [5, 5.41) is 10.8. The lowest BCUT2D eigenvalue weighted by atomic mass is 10.00. The zero-order chi connectivity index (χ0) is 25.1. The Kier molecular flexibility index (Phi) is 7.23. The standard InChI is InChI=1S/C26H29F2N5O2/c1-16(2)24(33-15-13-29-31-33)26(35)32-14-5-8-22(32)25(34)30-17(3)18-9-11-19(12-10-18)23-20(27)6-4-7-21(23)28/h4,6-7,9-13,15-17,22,24H,5,8,14H2,1-3H3,(H,30,34). The Morgan fingerprint density at radius 3 is 2.34 bits per heavy atom. The molecule has 2 amide bonds. The molecule has 3 atom stereocenters. The SMILES string of the molecule is CC(NC(=O)C1CCCN1C(=O)C(C(C)C)n1ccnn1)c1ccc(-c2c(F)cccc2F)cc1. The van der Waals surface area contributed by atoms with Crippen LogP contribution in [0.5, 0.6) is 0 Å². The highest BCUT2D eigenvalue weighted by molar-refractivity contribution is 5.90. The summed E-state index contributed by atoms with van der Waals surface area (Å²) in [5.74, 6) is -1.66. The van der Waals surface area contributed by atoms with Crippen LogP contribution < -0.4 is 5.32 Å². The number of aromatic nitrogens is 3. The molecule has 1 aromatic heterocycles. The second-order valence-electron chi connectivity index (χ2n) is 9.21. The number of nitrogens with zero attached hydrogens (tertiary/aromatic N) is 4. The van der Waals surface area contributed by atoms with Crippen LogP contribution >= 0.6 is 0 Å². The van der Waals surface area contributed by atoms with Crippen molar-refractivity contribution in [1.82, 2.24) is 25.2 Å². The zero-order valence-corrected chi connectivity index (χ0v) is 20.0. The molecule has 1 aliphatic heterocycles. The van der Waals surface area contributed by atoms with E-state index in [9.17, 15) is 18.4 Å². The topological polar surface area (TPSA) is 80.1 Å². The van der Waals surface area contributed by atoms with Crippen LogP contribution in [0, 0.1) is 17.6 Å². The van der Waals surface area contributed by atoms with Gasteiger partial charge in [0.1, 0.15) is 23.7 Å². The lowest BCUT2D eigenvalue weighted by molar-refractivity contribution is -0.142. The smallest absolute Gasteiger partial charge is 0.248 e. The van der Waals surface area contributed by atoms with Crippen molar-refractivity contribution in [3.05, 3.63) is 72.1 Å². The molecule has 1 N–H and O–H groups in total. The van der Waals surface area contributed by atoms with E-state index in [1.165, 1.54) is 24.4 Å². The van der Waals surface area contributed by atoms with E-state index in [1.54, 1.807) is 40.0 Å². The number of likely N-dealkylation sites (tertiary alicyclic amines) is 1. The van der Waals surface area contributed by atoms with E-state index in [0.29, 0.717) is 18.5 Å². The molecule has 0 saturated carbocycles. The Labute approximate surface area is 203 Å². The van der Waals surface area contributed by atoms with Crippen molar-refractivity contribution < 1.29 is 18.4 Å². The summed E-state index contributed by atoms with van der Waals surface area (Å²) in [6, 6.07) is 9.06. The van der Waals surface area contributed by atoms with Gasteiger partial charge in [0, 0.05) is 12.7 Å². The van der Waals surface area contributed by atoms with E-state index in [2.05, 4.69) is 15.6 Å². The molecule has 2 aromatic carbocycles. The minimum absolute atomic E-state index is 0.0229. The van der Waals surface area contributed by atoms with Gasteiger partial charge in [0.05, 0.1) is 17.8 Å². The number of nitrogens with one attached hydrogen (secondary N) is 1. The molecule has 0 spiro atoms. The van der Waals surface area contributed by atoms with Crippen LogP contribution in [0.3, 0.4) is 0 Å². The average molecular weight is 482 g/mol. The van der Waals surface area contributed by atoms with Crippen LogP contribution in [-0.2, 0) is 9.59 Å². The first-order valence-corrected chi connectivity index (χ1v) is 11.8. The summed E-state index contributed by atoms with van der Waals surface area (Å²) < 4.78 is 29.7. The number of hydrogen-bond donors (Lipinski definition) is 1. The average Bonchev–Trinajstić information content (AvgIpc) is 3.52. The summed E-state index contributed by atoms with van der Waals surface area (Å²) in [7, 11) is 0. The third-order valence-corrected chi connectivity index (χ3v) is 6.47. The van der Waals surface area contributed by atoms with Gasteiger partial charge in [0.15, 0.2) is 0 Å². The highest BCUT2D eigenvalue weighted by Gasteiger charge is 2.39. The number of amides is 2. The van der Waals surface area contributed by atoms with Crippen molar-refractivity contribution in [3.8, 4) is 11.1 Å². The number of carbonyl (C=O) groups excluding carboxylic acids is 2. The molecule has 3 aromatic rings. The van der Waals surface area contributed by atoms with E-state index in [0.717, 1.165) is 12.0 Å². The van der Waals surface area contributed by atoms with Crippen molar-refractivity contribution in [3.63, 3.8) is 0 Å². The zero-order valence-electron chi connectivity index (χ0n) is 20.0. The number of halogens is 2. The summed E-state index contributed by atoms with van der Waals surface area (Å²) in [4.78, 5) is 28.2. The molecule has 0 radical (unpaired) electrons. The maximum absolute atomic E-state index is 14.1. The van der Waals surface area contributed by atoms with Crippen molar-refractivity contribution in [2.45, 2.75) is 51.7 Å². The van der Waals surface area contributed by atoms with Crippen molar-refractivity contribution >= 4 is 11.8 Å². The maximum Gasteiger partial charge on any atom is 0.248 e. The fraction of sp³-hybridized carbons (Fsp3) is 0.385. The van der Waals surface area contributed by atoms with Gasteiger partial charge in [0.25, 0.3) is 0 Å². The first-order chi connectivity index (χ1) is 16.8. The molecular weight excluding hydrogens is 452 g/mol. The Bertz CT molecular complexity index is 1160. The molecule has 9 heteroatoms. The highest BCUT2D eigenvalue weighted by Crippen LogP contribution is 2.29. The second-order valence-corrected chi connectivity index (χ2v) is 9.21. The summed E-state index contributed by atoms with van der Waals surface area (Å²) in [5.41, 5.74) is 1.13. The molecule has 0 aliphatic carbocycles. The fourth-order valence-corrected chi connectivity index (χ4v) is 4.65. The molecule has 1 aliphatic rings. The van der Waals surface area contributed by atoms with Gasteiger partial charge in [-0.25, -0.2) is 13.5 Å². The van der Waals surface area contributed by atoms with E-state index >= 15 is 0 Å². The Hall–Kier alpha value is -3.62. The predicted molar refractivity (Wildman–Crippen MR) is 127 cm³/mol. The maximum atomic E-state index is 14.1. The number of hydrogen-bond acceptors (Lipinski definition) is 4. The summed E-state index contributed by atoms with van der Waals surface area (Å²) >= 11 is 0. The van der Waals surface area contributed by atoms with Gasteiger partial charge in [-0.15, -0.1) is 5.10 Å². The third kappa shape index (κ3) is 5.08. The lowest BCUT2D eigenvalue weighted by Crippen LogP contribution is -2.49. The molecule has 35 heavy (non-hydrogen) atoms. The molecule has 3 unspecified atom stereocenters. The molecule has 1 fully saturated rings. The lowest BCUT2D eigenvalue weighted by Gasteiger charge is -2.30. The Balaban J connectivity index is 1.45. The van der Waals surface area contributed by atoms with Gasteiger partial charge in [0.2, 0.25) is 11.8 Å². The van der Waals surface area contributed by atoms with Crippen molar-refractivity contribution in [2.75, 3.05) is 6.54 Å². The summed E-state index contributed by atoms with van der Waals surface area (Å²) in [6.45, 7) is 6.22. The van der Waals surface area contributed by atoms with Crippen LogP contribution in [-0.4, -0.2) is 44.3 Å². The minimum Gasteiger partial charge on any atom is -0.348 e. The molecule has 1 saturated heterocycles. The van der Waals surface area contributed by atoms with Crippen LogP contribution in [0.15, 0.2) is 54.9 Å². The first-order valence-electron chi connectivity index (χ1n) is 11.8. The molecule has 184 valence electrons. The van der Waals surface area contributed by atoms with E-state index in [1.807, 2.05) is 20.8 Å². The van der Waals surface area contributed by atoms with Gasteiger partial charge in [-0.3, -0.25) is 9.59 Å². The fourth-order valence-electron chi connectivity index (χ4n) is 4.65. The van der Waals surface area contributed by atoms with E-state index in [4.69, 9.17) is 0 Å². The number of carbonyl (C=O) groups is 2. The first kappa shape index (κ1) is 24.5. The van der Waals surface area contributed by atoms with Crippen LogP contribution in [0.1, 0.15) is 51.3 Å². The molecular formula is C26H29F2N5O2. The second kappa shape index (κ2) is 10.3. The number of rotatable bonds is 7. The minimum atomic E-state index is -0.629. The normalized spacial score (nSPS) is 17.4. The molecule has 7 nitrogen and oxygen atoms in total. The van der Waals surface area contributed by atoms with Crippen LogP contribution in [0.4, 0.5) is 8.78 Å². The molecule has 0 bridgehead atoms. The monoisotopic (exact) mass is 481 g/mol. The van der Waals surface area contributed by atoms with Gasteiger partial charge in [-0.05, 0) is 48.9 Å². The Morgan fingerprint density at radius 2 is 1.74 bits per heavy atom. The largest absolute Gasteiger partial charge is 0.348 e. The molecule has 4 rings (SSSR count). The van der Waals surface area contributed by atoms with Gasteiger partial charge >= 0.3 is 0 Å². The quantitative estimate of drug-likeness (QED) is 0.546. The van der Waals surface area contributed by atoms with E-state index in [-0.39, 0.29) is 29.3 Å².